The van der Waals surface area contributed by atoms with E-state index >= 15 is 0 Å². The van der Waals surface area contributed by atoms with E-state index in [4.69, 9.17) is 4.74 Å². The van der Waals surface area contributed by atoms with Gasteiger partial charge in [-0.05, 0) is 37.3 Å². The molecule has 0 unspecified atom stereocenters. The van der Waals surface area contributed by atoms with Gasteiger partial charge in [0.05, 0.1) is 5.56 Å². The van der Waals surface area contributed by atoms with E-state index in [1.54, 1.807) is 6.07 Å². The molecule has 0 amide bonds. The fourth-order valence-corrected chi connectivity index (χ4v) is 1.82. The number of anilines is 1. The van der Waals surface area contributed by atoms with Crippen LogP contribution in [-0.2, 0) is 0 Å². The number of rotatable bonds is 4. The third kappa shape index (κ3) is 3.15. The zero-order valence-corrected chi connectivity index (χ0v) is 11.7. The first-order valence-corrected chi connectivity index (χ1v) is 6.23. The van der Waals surface area contributed by atoms with E-state index in [0.29, 0.717) is 11.5 Å². The molecular weight excluding hydrogens is 257 g/mol. The minimum absolute atomic E-state index is 0.233. The highest BCUT2D eigenvalue weighted by Gasteiger charge is 2.11. The molecule has 2 rings (SSSR count). The summed E-state index contributed by atoms with van der Waals surface area (Å²) in [6.45, 7) is 1.39. The number of benzene rings is 2. The molecule has 0 atom stereocenters. The summed E-state index contributed by atoms with van der Waals surface area (Å²) in [5.41, 5.74) is 1.22. The predicted molar refractivity (Wildman–Crippen MR) is 77.2 cm³/mol. The van der Waals surface area contributed by atoms with E-state index in [1.165, 1.54) is 25.1 Å². The number of ether oxygens (including phenoxy) is 1. The molecule has 0 heterocycles. The maximum Gasteiger partial charge on any atom is 0.163 e. The quantitative estimate of drug-likeness (QED) is 0.792. The van der Waals surface area contributed by atoms with E-state index in [0.717, 1.165) is 5.69 Å². The molecule has 2 aromatic carbocycles. The Hall–Kier alpha value is -2.36. The van der Waals surface area contributed by atoms with Crippen LogP contribution in [0.3, 0.4) is 0 Å². The second kappa shape index (κ2) is 5.74. The van der Waals surface area contributed by atoms with Crippen molar-refractivity contribution in [2.24, 2.45) is 0 Å². The van der Waals surface area contributed by atoms with Crippen molar-refractivity contribution >= 4 is 11.5 Å². The van der Waals surface area contributed by atoms with Crippen LogP contribution in [0.1, 0.15) is 17.3 Å². The molecule has 0 aromatic heterocycles. The van der Waals surface area contributed by atoms with Crippen LogP contribution in [0, 0.1) is 5.82 Å². The Balaban J connectivity index is 2.35. The van der Waals surface area contributed by atoms with Gasteiger partial charge in [0.2, 0.25) is 0 Å². The van der Waals surface area contributed by atoms with Crippen molar-refractivity contribution in [3.8, 4) is 11.5 Å². The van der Waals surface area contributed by atoms with Gasteiger partial charge in [-0.3, -0.25) is 4.79 Å². The smallest absolute Gasteiger partial charge is 0.163 e. The van der Waals surface area contributed by atoms with E-state index < -0.39 is 5.82 Å². The van der Waals surface area contributed by atoms with Crippen LogP contribution in [0.4, 0.5) is 10.1 Å². The summed E-state index contributed by atoms with van der Waals surface area (Å²) in [5.74, 6) is 0.271. The normalized spacial score (nSPS) is 10.2. The fourth-order valence-electron chi connectivity index (χ4n) is 1.82. The van der Waals surface area contributed by atoms with E-state index in [2.05, 4.69) is 0 Å². The van der Waals surface area contributed by atoms with E-state index in [-0.39, 0.29) is 11.3 Å². The van der Waals surface area contributed by atoms with Crippen molar-refractivity contribution in [2.75, 3.05) is 19.0 Å². The van der Waals surface area contributed by atoms with Gasteiger partial charge in [0.15, 0.2) is 5.78 Å². The minimum Gasteiger partial charge on any atom is -0.457 e. The Bertz CT molecular complexity index is 638. The van der Waals surface area contributed by atoms with Crippen LogP contribution in [-0.4, -0.2) is 19.9 Å². The van der Waals surface area contributed by atoms with Gasteiger partial charge >= 0.3 is 0 Å². The third-order valence-corrected chi connectivity index (χ3v) is 2.88. The second-order valence-corrected chi connectivity index (χ2v) is 4.69. The van der Waals surface area contributed by atoms with Crippen LogP contribution in [0.5, 0.6) is 11.5 Å². The molecule has 0 radical (unpaired) electrons. The van der Waals surface area contributed by atoms with Gasteiger partial charge in [-0.1, -0.05) is 6.07 Å². The molecule has 0 aliphatic heterocycles. The Morgan fingerprint density at radius 2 is 1.90 bits per heavy atom. The first kappa shape index (κ1) is 14.1. The summed E-state index contributed by atoms with van der Waals surface area (Å²) < 4.78 is 18.9. The van der Waals surface area contributed by atoms with Gasteiger partial charge in [-0.2, -0.15) is 0 Å². The number of nitrogens with zero attached hydrogens (tertiary/aromatic N) is 1. The van der Waals surface area contributed by atoms with Gasteiger partial charge in [0.25, 0.3) is 0 Å². The van der Waals surface area contributed by atoms with Crippen LogP contribution in [0.2, 0.25) is 0 Å². The van der Waals surface area contributed by atoms with Crippen LogP contribution < -0.4 is 9.64 Å². The minimum atomic E-state index is -0.454. The summed E-state index contributed by atoms with van der Waals surface area (Å²) in [6.07, 6.45) is 0. The highest BCUT2D eigenvalue weighted by molar-refractivity contribution is 5.96. The lowest BCUT2D eigenvalue weighted by atomic mass is 10.1. The molecule has 0 aliphatic rings. The molecule has 0 bridgehead atoms. The summed E-state index contributed by atoms with van der Waals surface area (Å²) in [4.78, 5) is 13.5. The molecule has 2 aromatic rings. The van der Waals surface area contributed by atoms with Gasteiger partial charge in [-0.25, -0.2) is 4.39 Å². The number of ketones is 1. The number of carbonyl (C=O) groups is 1. The summed E-state index contributed by atoms with van der Waals surface area (Å²) in [6, 6.07) is 11.4. The SMILES string of the molecule is CC(=O)c1cc(F)ccc1Oc1cccc(N(C)C)c1. The molecule has 0 saturated carbocycles. The van der Waals surface area contributed by atoms with Gasteiger partial charge in [0.1, 0.15) is 17.3 Å². The zero-order valence-electron chi connectivity index (χ0n) is 11.7. The number of halogens is 1. The topological polar surface area (TPSA) is 29.5 Å². The number of hydrogen-bond acceptors (Lipinski definition) is 3. The van der Waals surface area contributed by atoms with Crippen LogP contribution in [0.25, 0.3) is 0 Å². The maximum absolute atomic E-state index is 13.2. The summed E-state index contributed by atoms with van der Waals surface area (Å²) in [5, 5.41) is 0. The van der Waals surface area contributed by atoms with Gasteiger partial charge < -0.3 is 9.64 Å². The van der Waals surface area contributed by atoms with Crippen molar-refractivity contribution in [3.63, 3.8) is 0 Å². The highest BCUT2D eigenvalue weighted by Crippen LogP contribution is 2.28. The second-order valence-electron chi connectivity index (χ2n) is 4.69. The first-order valence-electron chi connectivity index (χ1n) is 6.23. The Labute approximate surface area is 117 Å². The molecule has 0 fully saturated rings. The predicted octanol–water partition coefficient (Wildman–Crippen LogP) is 3.89. The highest BCUT2D eigenvalue weighted by atomic mass is 19.1. The molecule has 0 aliphatic carbocycles. The molecule has 0 saturated heterocycles. The van der Waals surface area contributed by atoms with Crippen molar-refractivity contribution in [1.29, 1.82) is 0 Å². The van der Waals surface area contributed by atoms with Gasteiger partial charge in [-0.15, -0.1) is 0 Å². The van der Waals surface area contributed by atoms with Crippen molar-refractivity contribution < 1.29 is 13.9 Å². The van der Waals surface area contributed by atoms with Crippen LogP contribution in [0.15, 0.2) is 42.5 Å². The largest absolute Gasteiger partial charge is 0.457 e. The Morgan fingerprint density at radius 1 is 1.15 bits per heavy atom. The molecule has 3 nitrogen and oxygen atoms in total. The molecule has 0 spiro atoms. The summed E-state index contributed by atoms with van der Waals surface area (Å²) in [7, 11) is 3.86. The average molecular weight is 273 g/mol. The average Bonchev–Trinajstić information content (AvgIpc) is 2.41. The van der Waals surface area contributed by atoms with Crippen molar-refractivity contribution in [1.82, 2.24) is 0 Å². The van der Waals surface area contributed by atoms with E-state index in [1.807, 2.05) is 37.2 Å². The Morgan fingerprint density at radius 3 is 2.55 bits per heavy atom. The first-order chi connectivity index (χ1) is 9.47. The van der Waals surface area contributed by atoms with Crippen molar-refractivity contribution in [3.05, 3.63) is 53.8 Å². The lowest BCUT2D eigenvalue weighted by Gasteiger charge is -2.14. The lowest BCUT2D eigenvalue weighted by molar-refractivity contribution is 0.101. The van der Waals surface area contributed by atoms with Crippen molar-refractivity contribution in [2.45, 2.75) is 6.92 Å². The maximum atomic E-state index is 13.2. The zero-order chi connectivity index (χ0) is 14.7. The lowest BCUT2D eigenvalue weighted by Crippen LogP contribution is -2.08. The van der Waals surface area contributed by atoms with E-state index in [9.17, 15) is 9.18 Å². The molecule has 4 heteroatoms. The summed E-state index contributed by atoms with van der Waals surface area (Å²) >= 11 is 0. The molecule has 104 valence electrons. The Kier molecular flexibility index (Phi) is 4.03. The van der Waals surface area contributed by atoms with Gasteiger partial charge in [0, 0.05) is 25.8 Å². The monoisotopic (exact) mass is 273 g/mol. The molecule has 20 heavy (non-hydrogen) atoms. The molecule has 0 N–H and O–H groups in total. The fraction of sp³-hybridized carbons (Fsp3) is 0.188. The number of hydrogen-bond donors (Lipinski definition) is 0. The molecular formula is C16H16FNO2. The van der Waals surface area contributed by atoms with Crippen LogP contribution >= 0.6 is 0 Å². The number of carbonyl (C=O) groups excluding carboxylic acids is 1. The third-order valence-electron chi connectivity index (χ3n) is 2.88. The standard InChI is InChI=1S/C16H16FNO2/c1-11(19)15-9-12(17)7-8-16(15)20-14-6-4-5-13(10-14)18(2)3/h4-10H,1-3H3. The number of Topliss-reactive ketones (excluding diaryl/α,β-unsaturated/α-hetero) is 1.